The number of nitrogens with one attached hydrogen (secondary N) is 2. The highest BCUT2D eigenvalue weighted by molar-refractivity contribution is 6.03. The number of carbonyl (C=O) groups is 1. The highest BCUT2D eigenvalue weighted by Crippen LogP contribution is 2.17. The Morgan fingerprint density at radius 2 is 2.22 bits per heavy atom. The summed E-state index contributed by atoms with van der Waals surface area (Å²) in [7, 11) is 1.73. The Hall–Kier alpha value is -2.21. The summed E-state index contributed by atoms with van der Waals surface area (Å²) in [6, 6.07) is 5.74. The first-order valence-corrected chi connectivity index (χ1v) is 5.72. The minimum absolute atomic E-state index is 0.166. The average molecular weight is 243 g/mol. The number of fused-ring (bicyclic) bond motifs is 1. The SMILES string of the molecule is Cn1ncnc1NC(=O)c1ccc2c(c1)CNC2. The minimum Gasteiger partial charge on any atom is -0.309 e. The fourth-order valence-corrected chi connectivity index (χ4v) is 2.02. The van der Waals surface area contributed by atoms with Gasteiger partial charge in [-0.2, -0.15) is 10.1 Å². The molecular formula is C12H13N5O. The van der Waals surface area contributed by atoms with Gasteiger partial charge in [-0.25, -0.2) is 4.68 Å². The molecule has 0 fully saturated rings. The molecule has 1 aromatic carbocycles. The van der Waals surface area contributed by atoms with Crippen LogP contribution in [0.5, 0.6) is 0 Å². The molecule has 0 saturated heterocycles. The predicted octanol–water partition coefficient (Wildman–Crippen LogP) is 0.671. The van der Waals surface area contributed by atoms with Gasteiger partial charge in [0.15, 0.2) is 0 Å². The van der Waals surface area contributed by atoms with Crippen molar-refractivity contribution in [1.29, 1.82) is 0 Å². The van der Waals surface area contributed by atoms with Crippen molar-refractivity contribution in [3.8, 4) is 0 Å². The summed E-state index contributed by atoms with van der Waals surface area (Å²) in [5, 5.41) is 9.88. The first-order valence-electron chi connectivity index (χ1n) is 5.72. The highest BCUT2D eigenvalue weighted by atomic mass is 16.1. The molecule has 0 radical (unpaired) electrons. The van der Waals surface area contributed by atoms with Gasteiger partial charge < -0.3 is 5.32 Å². The largest absolute Gasteiger partial charge is 0.309 e. The van der Waals surface area contributed by atoms with Gasteiger partial charge in [0.2, 0.25) is 5.95 Å². The van der Waals surface area contributed by atoms with E-state index in [1.54, 1.807) is 7.05 Å². The number of anilines is 1. The fourth-order valence-electron chi connectivity index (χ4n) is 2.02. The summed E-state index contributed by atoms with van der Waals surface area (Å²) in [4.78, 5) is 16.0. The topological polar surface area (TPSA) is 71.8 Å². The number of rotatable bonds is 2. The molecule has 3 rings (SSSR count). The zero-order chi connectivity index (χ0) is 12.5. The Kier molecular flexibility index (Phi) is 2.56. The van der Waals surface area contributed by atoms with Crippen molar-refractivity contribution in [1.82, 2.24) is 20.1 Å². The molecule has 0 saturated carbocycles. The standard InChI is InChI=1S/C12H13N5O/c1-17-12(14-7-15-17)16-11(18)8-2-3-9-5-13-6-10(9)4-8/h2-4,7,13H,5-6H2,1H3,(H,14,15,16,18). The van der Waals surface area contributed by atoms with Gasteiger partial charge in [-0.1, -0.05) is 6.07 Å². The molecule has 1 aliphatic rings. The molecule has 0 atom stereocenters. The average Bonchev–Trinajstić information content (AvgIpc) is 2.98. The molecule has 0 spiro atoms. The third-order valence-corrected chi connectivity index (χ3v) is 3.04. The summed E-state index contributed by atoms with van der Waals surface area (Å²) >= 11 is 0. The van der Waals surface area contributed by atoms with Crippen LogP contribution in [0.4, 0.5) is 5.95 Å². The van der Waals surface area contributed by atoms with Crippen LogP contribution < -0.4 is 10.6 Å². The van der Waals surface area contributed by atoms with Crippen LogP contribution in [-0.2, 0) is 20.1 Å². The van der Waals surface area contributed by atoms with E-state index < -0.39 is 0 Å². The van der Waals surface area contributed by atoms with Gasteiger partial charge in [-0.05, 0) is 23.3 Å². The Bertz CT molecular complexity index is 604. The van der Waals surface area contributed by atoms with Crippen LogP contribution in [0.2, 0.25) is 0 Å². The highest BCUT2D eigenvalue weighted by Gasteiger charge is 2.14. The van der Waals surface area contributed by atoms with E-state index in [1.807, 2.05) is 18.2 Å². The quantitative estimate of drug-likeness (QED) is 0.813. The van der Waals surface area contributed by atoms with Crippen LogP contribution in [0.25, 0.3) is 0 Å². The van der Waals surface area contributed by atoms with E-state index in [0.29, 0.717) is 11.5 Å². The molecule has 92 valence electrons. The zero-order valence-corrected chi connectivity index (χ0v) is 9.97. The van der Waals surface area contributed by atoms with Crippen LogP contribution in [0.15, 0.2) is 24.5 Å². The number of carbonyl (C=O) groups excluding carboxylic acids is 1. The van der Waals surface area contributed by atoms with Crippen LogP contribution in [0, 0.1) is 0 Å². The number of nitrogens with zero attached hydrogens (tertiary/aromatic N) is 3. The molecule has 2 aromatic rings. The number of aromatic nitrogens is 3. The summed E-state index contributed by atoms with van der Waals surface area (Å²) in [5.74, 6) is 0.277. The Morgan fingerprint density at radius 3 is 3.00 bits per heavy atom. The number of amides is 1. The lowest BCUT2D eigenvalue weighted by Crippen LogP contribution is -2.15. The van der Waals surface area contributed by atoms with Crippen LogP contribution in [0.1, 0.15) is 21.5 Å². The maximum absolute atomic E-state index is 12.1. The van der Waals surface area contributed by atoms with Crippen LogP contribution in [-0.4, -0.2) is 20.7 Å². The van der Waals surface area contributed by atoms with E-state index in [9.17, 15) is 4.79 Å². The molecule has 0 aliphatic carbocycles. The van der Waals surface area contributed by atoms with E-state index in [4.69, 9.17) is 0 Å². The van der Waals surface area contributed by atoms with Crippen LogP contribution in [0.3, 0.4) is 0 Å². The predicted molar refractivity (Wildman–Crippen MR) is 65.9 cm³/mol. The van der Waals surface area contributed by atoms with Crippen molar-refractivity contribution in [2.75, 3.05) is 5.32 Å². The zero-order valence-electron chi connectivity index (χ0n) is 9.97. The Morgan fingerprint density at radius 1 is 1.39 bits per heavy atom. The number of aryl methyl sites for hydroxylation is 1. The minimum atomic E-state index is -0.166. The van der Waals surface area contributed by atoms with Crippen LogP contribution >= 0.6 is 0 Å². The third kappa shape index (κ3) is 1.86. The molecule has 6 nitrogen and oxygen atoms in total. The van der Waals surface area contributed by atoms with Gasteiger partial charge in [-0.15, -0.1) is 0 Å². The second kappa shape index (κ2) is 4.23. The van der Waals surface area contributed by atoms with Crippen molar-refractivity contribution in [3.63, 3.8) is 0 Å². The molecular weight excluding hydrogens is 230 g/mol. The van der Waals surface area contributed by atoms with Gasteiger partial charge >= 0.3 is 0 Å². The molecule has 0 bridgehead atoms. The second-order valence-electron chi connectivity index (χ2n) is 4.25. The normalized spacial score (nSPS) is 13.4. The third-order valence-electron chi connectivity index (χ3n) is 3.04. The van der Waals surface area contributed by atoms with Crippen molar-refractivity contribution < 1.29 is 4.79 Å². The number of hydrogen-bond acceptors (Lipinski definition) is 4. The van der Waals surface area contributed by atoms with Crippen molar-refractivity contribution in [3.05, 3.63) is 41.2 Å². The van der Waals surface area contributed by atoms with Gasteiger partial charge in [-0.3, -0.25) is 10.1 Å². The van der Waals surface area contributed by atoms with E-state index in [0.717, 1.165) is 13.1 Å². The van der Waals surface area contributed by atoms with Crippen molar-refractivity contribution in [2.24, 2.45) is 7.05 Å². The van der Waals surface area contributed by atoms with E-state index in [2.05, 4.69) is 20.7 Å². The first-order chi connectivity index (χ1) is 8.74. The summed E-state index contributed by atoms with van der Waals surface area (Å²) in [6.45, 7) is 1.70. The maximum Gasteiger partial charge on any atom is 0.258 e. The Balaban J connectivity index is 1.83. The molecule has 1 amide bonds. The molecule has 0 unspecified atom stereocenters. The lowest BCUT2D eigenvalue weighted by molar-refractivity contribution is 0.102. The van der Waals surface area contributed by atoms with Crippen molar-refractivity contribution >= 4 is 11.9 Å². The van der Waals surface area contributed by atoms with E-state index in [-0.39, 0.29) is 5.91 Å². The van der Waals surface area contributed by atoms with Gasteiger partial charge in [0.25, 0.3) is 5.91 Å². The summed E-state index contributed by atoms with van der Waals surface area (Å²) in [5.41, 5.74) is 3.08. The second-order valence-corrected chi connectivity index (χ2v) is 4.25. The van der Waals surface area contributed by atoms with Gasteiger partial charge in [0.1, 0.15) is 6.33 Å². The lowest BCUT2D eigenvalue weighted by atomic mass is 10.1. The fraction of sp³-hybridized carbons (Fsp3) is 0.250. The monoisotopic (exact) mass is 243 g/mol. The summed E-state index contributed by atoms with van der Waals surface area (Å²) < 4.78 is 1.52. The van der Waals surface area contributed by atoms with Gasteiger partial charge in [0, 0.05) is 25.7 Å². The van der Waals surface area contributed by atoms with E-state index >= 15 is 0 Å². The molecule has 1 aliphatic heterocycles. The number of hydrogen-bond donors (Lipinski definition) is 2. The molecule has 18 heavy (non-hydrogen) atoms. The molecule has 6 heteroatoms. The maximum atomic E-state index is 12.1. The first kappa shape index (κ1) is 10.9. The summed E-state index contributed by atoms with van der Waals surface area (Å²) in [6.07, 6.45) is 1.40. The van der Waals surface area contributed by atoms with Crippen molar-refractivity contribution in [2.45, 2.75) is 13.1 Å². The van der Waals surface area contributed by atoms with E-state index in [1.165, 1.54) is 22.1 Å². The lowest BCUT2D eigenvalue weighted by Gasteiger charge is -2.05. The number of benzene rings is 1. The molecule has 2 heterocycles. The molecule has 1 aromatic heterocycles. The smallest absolute Gasteiger partial charge is 0.258 e. The molecule has 2 N–H and O–H groups in total. The Labute approximate surface area is 104 Å². The van der Waals surface area contributed by atoms with Gasteiger partial charge in [0.05, 0.1) is 0 Å².